The molecule has 1 aliphatic rings. The van der Waals surface area contributed by atoms with Crippen LogP contribution in [0.25, 0.3) is 0 Å². The van der Waals surface area contributed by atoms with Gasteiger partial charge in [-0.3, -0.25) is 9.59 Å². The molecule has 0 aromatic carbocycles. The molecule has 0 aromatic heterocycles. The quantitative estimate of drug-likeness (QED) is 0.165. The van der Waals surface area contributed by atoms with E-state index < -0.39 is 53.9 Å². The second-order valence-corrected chi connectivity index (χ2v) is 7.72. The van der Waals surface area contributed by atoms with Gasteiger partial charge in [0.2, 0.25) is 11.7 Å². The number of carbonyl (C=O) groups excluding carboxylic acids is 2. The number of aliphatic hydroxyl groups excluding tert-OH is 1. The molecule has 0 saturated heterocycles. The number of hydrogen-bond donors (Lipinski definition) is 4. The van der Waals surface area contributed by atoms with Crippen molar-refractivity contribution in [2.45, 2.75) is 83.6 Å². The number of esters is 1. The first-order valence-electron chi connectivity index (χ1n) is 11.1. The summed E-state index contributed by atoms with van der Waals surface area (Å²) in [5.41, 5.74) is 0. The molecule has 0 fully saturated rings. The molecule has 0 radical (unpaired) electrons. The van der Waals surface area contributed by atoms with E-state index in [2.05, 4.69) is 12.2 Å². The number of amides is 1. The maximum Gasteiger partial charge on any atom is 0.370 e. The zero-order chi connectivity index (χ0) is 24.1. The molecule has 0 aliphatic carbocycles. The number of carboxylic acid groups (broad SMARTS) is 1. The van der Waals surface area contributed by atoms with Crippen LogP contribution in [0, 0.1) is 11.3 Å². The number of aliphatic carboxylic acids is 1. The molecular weight excluding hydrogens is 420 g/mol. The van der Waals surface area contributed by atoms with Gasteiger partial charge in [-0.05, 0) is 19.4 Å². The first kappa shape index (κ1) is 27.6. The Bertz CT molecular complexity index is 666. The summed E-state index contributed by atoms with van der Waals surface area (Å²) in [6.45, 7) is 4.85. The van der Waals surface area contributed by atoms with Crippen molar-refractivity contribution in [2.75, 3.05) is 13.2 Å². The van der Waals surface area contributed by atoms with Crippen molar-refractivity contribution in [3.63, 3.8) is 0 Å². The van der Waals surface area contributed by atoms with Gasteiger partial charge in [-0.15, -0.1) is 0 Å². The Hall–Kier alpha value is -2.46. The zero-order valence-electron chi connectivity index (χ0n) is 19.0. The third-order valence-electron chi connectivity index (χ3n) is 5.11. The molecule has 0 aromatic rings. The third-order valence-corrected chi connectivity index (χ3v) is 5.11. The highest BCUT2D eigenvalue weighted by atomic mass is 16.6. The van der Waals surface area contributed by atoms with Gasteiger partial charge in [-0.2, -0.15) is 0 Å². The molecule has 1 rings (SSSR count). The van der Waals surface area contributed by atoms with Crippen LogP contribution < -0.4 is 5.32 Å². The molecule has 10 heteroatoms. The summed E-state index contributed by atoms with van der Waals surface area (Å²) in [5.74, 6) is -3.40. The van der Waals surface area contributed by atoms with E-state index >= 15 is 0 Å². The summed E-state index contributed by atoms with van der Waals surface area (Å²) in [7, 11) is 0. The van der Waals surface area contributed by atoms with E-state index in [1.807, 2.05) is 0 Å². The highest BCUT2D eigenvalue weighted by Crippen LogP contribution is 2.27. The highest BCUT2D eigenvalue weighted by Gasteiger charge is 2.44. The van der Waals surface area contributed by atoms with Gasteiger partial charge in [-0.1, -0.05) is 32.6 Å². The van der Waals surface area contributed by atoms with E-state index in [0.717, 1.165) is 31.9 Å². The standard InChI is InChI=1S/C22H36N2O8/c1-4-6-7-8-9-10-18(27)31-13-16(26)20(30-5-2)21-19(24-14(3)25)15(12-23)11-17(32-21)22(28)29/h11-12,15-16,19-21,23,26H,4-10,13H2,1-3H3,(H,24,25)(H,28,29)/t15-,16?,19?,20?,21-/m1/s1. The summed E-state index contributed by atoms with van der Waals surface area (Å²) in [5, 5.41) is 30.4. The van der Waals surface area contributed by atoms with E-state index in [9.17, 15) is 24.6 Å². The fourth-order valence-corrected chi connectivity index (χ4v) is 3.55. The van der Waals surface area contributed by atoms with Crippen LogP contribution in [0.1, 0.15) is 59.3 Å². The Morgan fingerprint density at radius 3 is 2.50 bits per heavy atom. The SMILES string of the molecule is CCCCCCCC(=O)OCC(O)C(OCC)[C@@H]1OC(C(=O)O)=C[C@H](C=N)C1NC(C)=O. The Morgan fingerprint density at radius 2 is 1.94 bits per heavy atom. The van der Waals surface area contributed by atoms with Crippen LogP contribution in [-0.4, -0.2) is 71.8 Å². The average Bonchev–Trinajstić information content (AvgIpc) is 2.75. The van der Waals surface area contributed by atoms with Crippen molar-refractivity contribution in [2.24, 2.45) is 5.92 Å². The van der Waals surface area contributed by atoms with Crippen molar-refractivity contribution in [1.82, 2.24) is 5.32 Å². The topological polar surface area (TPSA) is 155 Å². The smallest absolute Gasteiger partial charge is 0.370 e. The van der Waals surface area contributed by atoms with Gasteiger partial charge in [0, 0.05) is 32.1 Å². The molecular formula is C22H36N2O8. The average molecular weight is 457 g/mol. The lowest BCUT2D eigenvalue weighted by molar-refractivity contribution is -0.163. The lowest BCUT2D eigenvalue weighted by atomic mass is 9.87. The first-order chi connectivity index (χ1) is 15.2. The van der Waals surface area contributed by atoms with Gasteiger partial charge < -0.3 is 35.1 Å². The number of nitrogens with one attached hydrogen (secondary N) is 2. The fraction of sp³-hybridized carbons (Fsp3) is 0.727. The summed E-state index contributed by atoms with van der Waals surface area (Å²) in [4.78, 5) is 35.2. The van der Waals surface area contributed by atoms with Gasteiger partial charge in [0.1, 0.15) is 24.9 Å². The number of ether oxygens (including phenoxy) is 3. The number of hydrogen-bond acceptors (Lipinski definition) is 8. The number of unbranched alkanes of at least 4 members (excludes halogenated alkanes) is 4. The number of aliphatic hydroxyl groups is 1. The van der Waals surface area contributed by atoms with E-state index in [4.69, 9.17) is 19.6 Å². The summed E-state index contributed by atoms with van der Waals surface area (Å²) >= 11 is 0. The first-order valence-corrected chi connectivity index (χ1v) is 11.1. The predicted molar refractivity (Wildman–Crippen MR) is 116 cm³/mol. The normalized spacial score (nSPS) is 22.1. The zero-order valence-corrected chi connectivity index (χ0v) is 19.0. The fourth-order valence-electron chi connectivity index (χ4n) is 3.55. The van der Waals surface area contributed by atoms with Crippen LogP contribution in [0.15, 0.2) is 11.8 Å². The van der Waals surface area contributed by atoms with Crippen LogP contribution in [0.4, 0.5) is 0 Å². The lowest BCUT2D eigenvalue weighted by Gasteiger charge is -2.40. The minimum Gasteiger partial charge on any atom is -0.478 e. The van der Waals surface area contributed by atoms with Gasteiger partial charge in [-0.25, -0.2) is 4.79 Å². The molecule has 10 nitrogen and oxygen atoms in total. The molecule has 3 unspecified atom stereocenters. The molecule has 1 heterocycles. The van der Waals surface area contributed by atoms with Crippen LogP contribution in [-0.2, 0) is 28.6 Å². The number of rotatable bonds is 15. The Labute approximate surface area is 188 Å². The molecule has 182 valence electrons. The minimum atomic E-state index is -1.35. The van der Waals surface area contributed by atoms with E-state index in [1.165, 1.54) is 13.0 Å². The molecule has 0 bridgehead atoms. The Morgan fingerprint density at radius 1 is 1.25 bits per heavy atom. The highest BCUT2D eigenvalue weighted by molar-refractivity contribution is 5.86. The molecule has 5 atom stereocenters. The van der Waals surface area contributed by atoms with Crippen molar-refractivity contribution >= 4 is 24.1 Å². The van der Waals surface area contributed by atoms with Gasteiger partial charge in [0.15, 0.2) is 0 Å². The van der Waals surface area contributed by atoms with Crippen molar-refractivity contribution in [3.05, 3.63) is 11.8 Å². The van der Waals surface area contributed by atoms with Crippen molar-refractivity contribution < 1.29 is 38.8 Å². The lowest BCUT2D eigenvalue weighted by Crippen LogP contribution is -2.59. The monoisotopic (exact) mass is 456 g/mol. The van der Waals surface area contributed by atoms with Crippen LogP contribution >= 0.6 is 0 Å². The maximum atomic E-state index is 12.0. The maximum absolute atomic E-state index is 12.0. The minimum absolute atomic E-state index is 0.154. The van der Waals surface area contributed by atoms with E-state index in [1.54, 1.807) is 6.92 Å². The van der Waals surface area contributed by atoms with Gasteiger partial charge >= 0.3 is 11.9 Å². The van der Waals surface area contributed by atoms with E-state index in [0.29, 0.717) is 6.42 Å². The number of carbonyl (C=O) groups is 3. The van der Waals surface area contributed by atoms with Crippen LogP contribution in [0.2, 0.25) is 0 Å². The molecule has 32 heavy (non-hydrogen) atoms. The summed E-state index contributed by atoms with van der Waals surface area (Å²) in [6.07, 6.45) is 3.80. The van der Waals surface area contributed by atoms with Crippen molar-refractivity contribution in [1.29, 1.82) is 5.41 Å². The molecule has 1 amide bonds. The molecule has 0 spiro atoms. The summed E-state index contributed by atoms with van der Waals surface area (Å²) < 4.78 is 16.4. The van der Waals surface area contributed by atoms with Crippen molar-refractivity contribution in [3.8, 4) is 0 Å². The van der Waals surface area contributed by atoms with E-state index in [-0.39, 0.29) is 19.6 Å². The number of carboxylic acids is 1. The second kappa shape index (κ2) is 14.6. The Balaban J connectivity index is 2.89. The molecule has 4 N–H and O–H groups in total. The summed E-state index contributed by atoms with van der Waals surface area (Å²) in [6, 6.07) is -0.853. The van der Waals surface area contributed by atoms with Crippen LogP contribution in [0.3, 0.4) is 0 Å². The predicted octanol–water partition coefficient (Wildman–Crippen LogP) is 1.79. The molecule has 0 saturated carbocycles. The third kappa shape index (κ3) is 8.96. The largest absolute Gasteiger partial charge is 0.478 e. The Kier molecular flexibility index (Phi) is 12.6. The second-order valence-electron chi connectivity index (χ2n) is 7.72. The van der Waals surface area contributed by atoms with Gasteiger partial charge in [0.25, 0.3) is 0 Å². The van der Waals surface area contributed by atoms with Gasteiger partial charge in [0.05, 0.1) is 6.04 Å². The van der Waals surface area contributed by atoms with Crippen LogP contribution in [0.5, 0.6) is 0 Å². The molecule has 1 aliphatic heterocycles.